The number of rotatable bonds is 7. The van der Waals surface area contributed by atoms with E-state index in [-0.39, 0.29) is 30.5 Å². The first-order valence-corrected chi connectivity index (χ1v) is 11.0. The van der Waals surface area contributed by atoms with Crippen molar-refractivity contribution in [3.05, 3.63) is 117 Å². The molecule has 5 nitrogen and oxygen atoms in total. The predicted octanol–water partition coefficient (Wildman–Crippen LogP) is 5.14. The number of hydrogen-bond acceptors (Lipinski definition) is 2. The molecule has 0 spiro atoms. The fraction of sp³-hybridized carbons (Fsp3) is 0.185. The summed E-state index contributed by atoms with van der Waals surface area (Å²) in [5.41, 5.74) is 3.95. The van der Waals surface area contributed by atoms with E-state index in [1.54, 1.807) is 17.0 Å². The number of nitrogens with one attached hydrogen (secondary N) is 2. The van der Waals surface area contributed by atoms with Gasteiger partial charge in [0.2, 0.25) is 0 Å². The Morgan fingerprint density at radius 2 is 1.64 bits per heavy atom. The minimum atomic E-state index is -0.337. The van der Waals surface area contributed by atoms with Crippen molar-refractivity contribution in [3.63, 3.8) is 0 Å². The number of aromatic amines is 1. The van der Waals surface area contributed by atoms with Gasteiger partial charge in [-0.15, -0.1) is 0 Å². The zero-order chi connectivity index (χ0) is 23.2. The molecule has 0 bridgehead atoms. The minimum absolute atomic E-state index is 0.125. The topological polar surface area (TPSA) is 65.2 Å². The molecule has 0 aliphatic rings. The molecule has 4 rings (SSSR count). The van der Waals surface area contributed by atoms with Crippen LogP contribution in [-0.4, -0.2) is 15.9 Å². The van der Waals surface area contributed by atoms with Crippen LogP contribution in [0.3, 0.4) is 0 Å². The van der Waals surface area contributed by atoms with Crippen molar-refractivity contribution in [3.8, 4) is 0 Å². The predicted molar refractivity (Wildman–Crippen MR) is 128 cm³/mol. The maximum Gasteiger partial charge on any atom is 0.318 e. The third-order valence-corrected chi connectivity index (χ3v) is 5.62. The third-order valence-electron chi connectivity index (χ3n) is 5.62. The second-order valence-electron chi connectivity index (χ2n) is 8.03. The molecular formula is C27H26FN3O2. The van der Waals surface area contributed by atoms with Crippen LogP contribution in [0.4, 0.5) is 9.18 Å². The molecule has 0 saturated carbocycles. The lowest BCUT2D eigenvalue weighted by atomic mass is 10.1. The van der Waals surface area contributed by atoms with Gasteiger partial charge in [-0.1, -0.05) is 55.5 Å². The Labute approximate surface area is 191 Å². The molecule has 33 heavy (non-hydrogen) atoms. The summed E-state index contributed by atoms with van der Waals surface area (Å²) in [6.45, 7) is 2.82. The molecule has 0 radical (unpaired) electrons. The fourth-order valence-corrected chi connectivity index (χ4v) is 3.74. The molecule has 3 aromatic carbocycles. The summed E-state index contributed by atoms with van der Waals surface area (Å²) >= 11 is 0. The van der Waals surface area contributed by atoms with Gasteiger partial charge in [-0.2, -0.15) is 0 Å². The molecule has 2 amide bonds. The maximum absolute atomic E-state index is 13.4. The van der Waals surface area contributed by atoms with Crippen molar-refractivity contribution in [2.45, 2.75) is 33.0 Å². The molecule has 1 heterocycles. The second kappa shape index (κ2) is 10.1. The van der Waals surface area contributed by atoms with Gasteiger partial charge in [0.1, 0.15) is 5.82 Å². The van der Waals surface area contributed by atoms with Crippen LogP contribution in [0.5, 0.6) is 0 Å². The minimum Gasteiger partial charge on any atom is -0.334 e. The number of aromatic nitrogens is 1. The van der Waals surface area contributed by atoms with E-state index in [0.717, 1.165) is 28.5 Å². The molecule has 0 aliphatic heterocycles. The highest BCUT2D eigenvalue weighted by Gasteiger charge is 2.17. The van der Waals surface area contributed by atoms with E-state index < -0.39 is 0 Å². The van der Waals surface area contributed by atoms with Crippen LogP contribution in [0.25, 0.3) is 10.9 Å². The first-order valence-electron chi connectivity index (χ1n) is 11.0. The molecule has 4 aromatic rings. The van der Waals surface area contributed by atoms with E-state index in [4.69, 9.17) is 0 Å². The Morgan fingerprint density at radius 1 is 0.909 bits per heavy atom. The van der Waals surface area contributed by atoms with Crippen molar-refractivity contribution in [2.24, 2.45) is 0 Å². The number of nitrogens with zero attached hydrogens (tertiary/aromatic N) is 1. The Morgan fingerprint density at radius 3 is 2.36 bits per heavy atom. The number of urea groups is 1. The lowest BCUT2D eigenvalue weighted by Gasteiger charge is -2.23. The maximum atomic E-state index is 13.4. The van der Waals surface area contributed by atoms with Gasteiger partial charge in [0.25, 0.3) is 5.56 Å². The van der Waals surface area contributed by atoms with Gasteiger partial charge in [0, 0.05) is 24.2 Å². The molecule has 6 heteroatoms. The van der Waals surface area contributed by atoms with Crippen LogP contribution in [-0.2, 0) is 26.1 Å². The Bertz CT molecular complexity index is 1300. The second-order valence-corrected chi connectivity index (χ2v) is 8.03. The van der Waals surface area contributed by atoms with Gasteiger partial charge in [-0.05, 0) is 58.8 Å². The summed E-state index contributed by atoms with van der Waals surface area (Å²) in [7, 11) is 0. The Balaban J connectivity index is 1.60. The zero-order valence-corrected chi connectivity index (χ0v) is 18.5. The smallest absolute Gasteiger partial charge is 0.318 e. The lowest BCUT2D eigenvalue weighted by Crippen LogP contribution is -2.39. The fourth-order valence-electron chi connectivity index (χ4n) is 3.74. The third kappa shape index (κ3) is 5.66. The molecule has 0 unspecified atom stereocenters. The summed E-state index contributed by atoms with van der Waals surface area (Å²) in [5.74, 6) is -0.337. The van der Waals surface area contributed by atoms with Gasteiger partial charge in [0.05, 0.1) is 6.54 Å². The molecule has 2 N–H and O–H groups in total. The largest absolute Gasteiger partial charge is 0.334 e. The van der Waals surface area contributed by atoms with Gasteiger partial charge < -0.3 is 15.2 Å². The first-order chi connectivity index (χ1) is 16.0. The number of carbonyl (C=O) groups is 1. The Kier molecular flexibility index (Phi) is 6.83. The van der Waals surface area contributed by atoms with E-state index >= 15 is 0 Å². The number of hydrogen-bond donors (Lipinski definition) is 2. The summed E-state index contributed by atoms with van der Waals surface area (Å²) < 4.78 is 13.4. The molecule has 0 fully saturated rings. The van der Waals surface area contributed by atoms with Crippen molar-refractivity contribution in [2.75, 3.05) is 0 Å². The average molecular weight is 444 g/mol. The number of fused-ring (bicyclic) bond motifs is 1. The van der Waals surface area contributed by atoms with Crippen LogP contribution in [0.15, 0.2) is 83.7 Å². The monoisotopic (exact) mass is 443 g/mol. The number of halogens is 1. The van der Waals surface area contributed by atoms with Crippen LogP contribution >= 0.6 is 0 Å². The zero-order valence-electron chi connectivity index (χ0n) is 18.5. The standard InChI is InChI=1S/C27H26FN3O2/c1-2-19-10-13-25-22(14-19)15-23(26(32)30-25)18-31(17-21-8-11-24(28)12-9-21)27(33)29-16-20-6-4-3-5-7-20/h3-15H,2,16-18H2,1H3,(H,29,33)(H,30,32). The molecule has 0 saturated heterocycles. The van der Waals surface area contributed by atoms with Crippen molar-refractivity contribution >= 4 is 16.9 Å². The molecular weight excluding hydrogens is 417 g/mol. The number of carbonyl (C=O) groups excluding carboxylic acids is 1. The number of pyridine rings is 1. The molecule has 1 aromatic heterocycles. The van der Waals surface area contributed by atoms with Crippen molar-refractivity contribution < 1.29 is 9.18 Å². The van der Waals surface area contributed by atoms with E-state index in [9.17, 15) is 14.0 Å². The Hall–Kier alpha value is -3.93. The molecule has 168 valence electrons. The summed E-state index contributed by atoms with van der Waals surface area (Å²) in [5, 5.41) is 3.85. The summed E-state index contributed by atoms with van der Waals surface area (Å²) in [4.78, 5) is 30.3. The lowest BCUT2D eigenvalue weighted by molar-refractivity contribution is 0.191. The molecule has 0 atom stereocenters. The van der Waals surface area contributed by atoms with Crippen LogP contribution in [0, 0.1) is 5.82 Å². The normalized spacial score (nSPS) is 10.8. The first kappa shape index (κ1) is 22.3. The van der Waals surface area contributed by atoms with E-state index in [0.29, 0.717) is 12.1 Å². The van der Waals surface area contributed by atoms with Crippen LogP contribution in [0.1, 0.15) is 29.2 Å². The highest BCUT2D eigenvalue weighted by Crippen LogP contribution is 2.16. The quantitative estimate of drug-likeness (QED) is 0.415. The highest BCUT2D eigenvalue weighted by atomic mass is 19.1. The number of H-pyrrole nitrogens is 1. The highest BCUT2D eigenvalue weighted by molar-refractivity contribution is 5.80. The molecule has 0 aliphatic carbocycles. The van der Waals surface area contributed by atoms with E-state index in [2.05, 4.69) is 23.3 Å². The number of aryl methyl sites for hydroxylation is 1. The van der Waals surface area contributed by atoms with Crippen LogP contribution < -0.4 is 10.9 Å². The van der Waals surface area contributed by atoms with Gasteiger partial charge in [-0.25, -0.2) is 9.18 Å². The SMILES string of the molecule is CCc1ccc2[nH]c(=O)c(CN(Cc3ccc(F)cc3)C(=O)NCc3ccccc3)cc2c1. The summed E-state index contributed by atoms with van der Waals surface area (Å²) in [6, 6.07) is 23.1. The van der Waals surface area contributed by atoms with E-state index in [1.165, 1.54) is 17.7 Å². The number of amides is 2. The van der Waals surface area contributed by atoms with Gasteiger partial charge in [0.15, 0.2) is 0 Å². The summed E-state index contributed by atoms with van der Waals surface area (Å²) in [6.07, 6.45) is 0.892. The van der Waals surface area contributed by atoms with Gasteiger partial charge >= 0.3 is 6.03 Å². The van der Waals surface area contributed by atoms with E-state index in [1.807, 2.05) is 48.5 Å². The number of benzene rings is 3. The van der Waals surface area contributed by atoms with Crippen molar-refractivity contribution in [1.82, 2.24) is 15.2 Å². The van der Waals surface area contributed by atoms with Gasteiger partial charge in [-0.3, -0.25) is 4.79 Å². The van der Waals surface area contributed by atoms with Crippen molar-refractivity contribution in [1.29, 1.82) is 0 Å². The van der Waals surface area contributed by atoms with Crippen LogP contribution in [0.2, 0.25) is 0 Å². The average Bonchev–Trinajstić information content (AvgIpc) is 2.84.